The van der Waals surface area contributed by atoms with Gasteiger partial charge in [0, 0.05) is 51.6 Å². The monoisotopic (exact) mass is 434 g/mol. The number of hydrogen-bond acceptors (Lipinski definition) is 2. The number of nitrogens with one attached hydrogen (secondary N) is 2. The fourth-order valence-corrected chi connectivity index (χ4v) is 5.17. The summed E-state index contributed by atoms with van der Waals surface area (Å²) in [7, 11) is -3.30. The Kier molecular flexibility index (Phi) is 4.27. The number of fused-ring (bicyclic) bond motifs is 2. The first-order valence-electron chi connectivity index (χ1n) is 9.52. The number of aromatic amines is 2. The molecule has 5 rings (SSSR count). The number of para-hydroxylation sites is 2. The third-order valence-corrected chi connectivity index (χ3v) is 7.35. The number of H-pyrrole nitrogens is 2. The molecular weight excluding hydrogens is 416 g/mol. The molecule has 0 saturated heterocycles. The molecule has 0 saturated carbocycles. The van der Waals surface area contributed by atoms with Crippen LogP contribution < -0.4 is 0 Å². The van der Waals surface area contributed by atoms with Gasteiger partial charge in [0.05, 0.1) is 4.90 Å². The molecule has 0 aliphatic heterocycles. The third kappa shape index (κ3) is 2.85. The molecule has 5 aromatic rings. The van der Waals surface area contributed by atoms with Gasteiger partial charge in [0.2, 0.25) is 0 Å². The van der Waals surface area contributed by atoms with Crippen LogP contribution in [-0.2, 0) is 14.7 Å². The fraction of sp³-hybridized carbons (Fsp3) is 0.0833. The van der Waals surface area contributed by atoms with E-state index in [-0.39, 0.29) is 4.90 Å². The minimum absolute atomic E-state index is 0.267. The Balaban J connectivity index is 1.82. The quantitative estimate of drug-likeness (QED) is 0.362. The van der Waals surface area contributed by atoms with E-state index in [1.165, 1.54) is 6.26 Å². The topological polar surface area (TPSA) is 65.7 Å². The lowest BCUT2D eigenvalue weighted by Crippen LogP contribution is -2.22. The van der Waals surface area contributed by atoms with E-state index in [0.29, 0.717) is 0 Å². The number of benzene rings is 3. The van der Waals surface area contributed by atoms with E-state index in [4.69, 9.17) is 11.6 Å². The molecule has 30 heavy (non-hydrogen) atoms. The zero-order valence-electron chi connectivity index (χ0n) is 16.2. The lowest BCUT2D eigenvalue weighted by Gasteiger charge is -2.28. The molecule has 4 nitrogen and oxygen atoms in total. The Labute approximate surface area is 179 Å². The van der Waals surface area contributed by atoms with Gasteiger partial charge in [0.15, 0.2) is 9.84 Å². The second kappa shape index (κ2) is 6.76. The highest BCUT2D eigenvalue weighted by atomic mass is 35.5. The van der Waals surface area contributed by atoms with Gasteiger partial charge in [0.25, 0.3) is 0 Å². The summed E-state index contributed by atoms with van der Waals surface area (Å²) in [5, 5.41) is 2.04. The Hall–Kier alpha value is -3.02. The van der Waals surface area contributed by atoms with Crippen molar-refractivity contribution < 1.29 is 8.42 Å². The van der Waals surface area contributed by atoms with Crippen LogP contribution in [-0.4, -0.2) is 24.6 Å². The molecule has 150 valence electrons. The molecule has 0 amide bonds. The predicted octanol–water partition coefficient (Wildman–Crippen LogP) is 5.58. The van der Waals surface area contributed by atoms with Crippen molar-refractivity contribution in [2.45, 2.75) is 9.77 Å². The van der Waals surface area contributed by atoms with Crippen LogP contribution in [0.4, 0.5) is 0 Å². The minimum Gasteiger partial charge on any atom is -0.361 e. The van der Waals surface area contributed by atoms with Gasteiger partial charge in [-0.3, -0.25) is 0 Å². The maximum Gasteiger partial charge on any atom is 0.175 e. The molecule has 0 unspecified atom stereocenters. The van der Waals surface area contributed by atoms with E-state index >= 15 is 0 Å². The Morgan fingerprint density at radius 1 is 0.733 bits per heavy atom. The molecule has 0 radical (unpaired) electrons. The molecule has 6 heteroatoms. The summed E-state index contributed by atoms with van der Waals surface area (Å²) in [6.45, 7) is 0. The van der Waals surface area contributed by atoms with Crippen molar-refractivity contribution in [3.63, 3.8) is 0 Å². The van der Waals surface area contributed by atoms with Crippen molar-refractivity contribution in [1.29, 1.82) is 0 Å². The smallest absolute Gasteiger partial charge is 0.175 e. The number of rotatable bonds is 4. The molecule has 0 fully saturated rings. The van der Waals surface area contributed by atoms with Gasteiger partial charge in [-0.15, -0.1) is 11.6 Å². The summed E-state index contributed by atoms with van der Waals surface area (Å²) in [5.74, 6) is 0. The first kappa shape index (κ1) is 19.0. The zero-order chi connectivity index (χ0) is 20.9. The maximum atomic E-state index is 12.0. The van der Waals surface area contributed by atoms with Gasteiger partial charge in [-0.05, 0) is 29.8 Å². The van der Waals surface area contributed by atoms with Crippen molar-refractivity contribution in [2.24, 2.45) is 0 Å². The van der Waals surface area contributed by atoms with E-state index in [9.17, 15) is 8.42 Å². The van der Waals surface area contributed by atoms with Gasteiger partial charge in [-0.25, -0.2) is 8.42 Å². The lowest BCUT2D eigenvalue weighted by atomic mass is 9.84. The molecule has 0 aliphatic carbocycles. The summed E-state index contributed by atoms with van der Waals surface area (Å²) in [6.07, 6.45) is 5.07. The van der Waals surface area contributed by atoms with Gasteiger partial charge >= 0.3 is 0 Å². The van der Waals surface area contributed by atoms with E-state index < -0.39 is 14.7 Å². The second-order valence-corrected chi connectivity index (χ2v) is 10.0. The first-order chi connectivity index (χ1) is 14.4. The average Bonchev–Trinajstić information content (AvgIpc) is 3.38. The van der Waals surface area contributed by atoms with Gasteiger partial charge in [0.1, 0.15) is 4.87 Å². The Morgan fingerprint density at radius 2 is 1.20 bits per heavy atom. The first-order valence-corrected chi connectivity index (χ1v) is 11.8. The molecule has 2 aromatic heterocycles. The van der Waals surface area contributed by atoms with Gasteiger partial charge < -0.3 is 9.97 Å². The van der Waals surface area contributed by atoms with Gasteiger partial charge in [-0.1, -0.05) is 48.5 Å². The van der Waals surface area contributed by atoms with Crippen LogP contribution in [0, 0.1) is 0 Å². The summed E-state index contributed by atoms with van der Waals surface area (Å²) in [6, 6.07) is 22.9. The van der Waals surface area contributed by atoms with Crippen LogP contribution in [0.3, 0.4) is 0 Å². The molecule has 3 aromatic carbocycles. The number of sulfone groups is 1. The Morgan fingerprint density at radius 3 is 1.67 bits per heavy atom. The van der Waals surface area contributed by atoms with Crippen LogP contribution in [0.5, 0.6) is 0 Å². The van der Waals surface area contributed by atoms with Crippen molar-refractivity contribution in [3.8, 4) is 0 Å². The largest absolute Gasteiger partial charge is 0.361 e. The Bertz CT molecular complexity index is 1410. The highest BCUT2D eigenvalue weighted by Crippen LogP contribution is 2.48. The maximum absolute atomic E-state index is 12.0. The number of hydrogen-bond donors (Lipinski definition) is 2. The summed E-state index contributed by atoms with van der Waals surface area (Å²) in [5.41, 5.74) is 4.61. The van der Waals surface area contributed by atoms with Crippen LogP contribution in [0.1, 0.15) is 16.7 Å². The number of halogens is 1. The zero-order valence-corrected chi connectivity index (χ0v) is 17.8. The van der Waals surface area contributed by atoms with Gasteiger partial charge in [-0.2, -0.15) is 0 Å². The average molecular weight is 435 g/mol. The standard InChI is InChI=1S/C24H19ClN2O2S/c1-30(28,29)17-12-10-16(11-13-17)24(25,20-14-26-22-8-4-2-6-18(20)22)21-15-27-23-9-5-3-7-19(21)23/h2-15,26-27H,1H3. The van der Waals surface area contributed by atoms with E-state index in [1.807, 2.05) is 60.9 Å². The highest BCUT2D eigenvalue weighted by molar-refractivity contribution is 7.90. The highest BCUT2D eigenvalue weighted by Gasteiger charge is 2.38. The SMILES string of the molecule is CS(=O)(=O)c1ccc(C(Cl)(c2c[nH]c3ccccc23)c2c[nH]c3ccccc23)cc1. The molecule has 0 spiro atoms. The summed E-state index contributed by atoms with van der Waals surface area (Å²) >= 11 is 7.53. The van der Waals surface area contributed by atoms with Crippen molar-refractivity contribution >= 4 is 43.2 Å². The molecular formula is C24H19ClN2O2S. The lowest BCUT2D eigenvalue weighted by molar-refractivity contribution is 0.602. The van der Waals surface area contributed by atoms with Crippen LogP contribution in [0.2, 0.25) is 0 Å². The van der Waals surface area contributed by atoms with Crippen LogP contribution >= 0.6 is 11.6 Å². The van der Waals surface area contributed by atoms with E-state index in [2.05, 4.69) is 9.97 Å². The second-order valence-electron chi connectivity index (χ2n) is 7.45. The summed E-state index contributed by atoms with van der Waals surface area (Å²) in [4.78, 5) is 5.89. The number of alkyl halides is 1. The molecule has 0 bridgehead atoms. The molecule has 2 heterocycles. The fourth-order valence-electron chi connectivity index (χ4n) is 4.10. The number of aromatic nitrogens is 2. The van der Waals surface area contributed by atoms with Crippen molar-refractivity contribution in [3.05, 3.63) is 102 Å². The van der Waals surface area contributed by atoms with Crippen molar-refractivity contribution in [1.82, 2.24) is 9.97 Å². The third-order valence-electron chi connectivity index (χ3n) is 5.60. The molecule has 0 atom stereocenters. The molecule has 2 N–H and O–H groups in total. The van der Waals surface area contributed by atoms with Crippen molar-refractivity contribution in [2.75, 3.05) is 6.26 Å². The normalized spacial score (nSPS) is 12.6. The van der Waals surface area contributed by atoms with E-state index in [0.717, 1.165) is 38.5 Å². The van der Waals surface area contributed by atoms with Crippen LogP contribution in [0.25, 0.3) is 21.8 Å². The summed E-state index contributed by atoms with van der Waals surface area (Å²) < 4.78 is 23.9. The minimum atomic E-state index is -3.30. The van der Waals surface area contributed by atoms with E-state index in [1.54, 1.807) is 24.3 Å². The predicted molar refractivity (Wildman–Crippen MR) is 122 cm³/mol. The van der Waals surface area contributed by atoms with Crippen LogP contribution in [0.15, 0.2) is 90.1 Å². The molecule has 0 aliphatic rings.